The van der Waals surface area contributed by atoms with Crippen molar-refractivity contribution in [1.82, 2.24) is 16.2 Å². The van der Waals surface area contributed by atoms with Crippen LogP contribution in [-0.2, 0) is 0 Å². The van der Waals surface area contributed by atoms with E-state index in [0.717, 1.165) is 25.7 Å². The molecule has 3 N–H and O–H groups in total. The van der Waals surface area contributed by atoms with Crippen LogP contribution in [0.2, 0.25) is 0 Å². The third kappa shape index (κ3) is 4.27. The minimum Gasteiger partial charge on any atom is -0.444 e. The molecule has 1 fully saturated rings. The summed E-state index contributed by atoms with van der Waals surface area (Å²) < 4.78 is 5.52. The molecule has 19 heavy (non-hydrogen) atoms. The van der Waals surface area contributed by atoms with Crippen LogP contribution in [0, 0.1) is 0 Å². The predicted molar refractivity (Wildman–Crippen MR) is 72.4 cm³/mol. The van der Waals surface area contributed by atoms with Crippen molar-refractivity contribution < 1.29 is 14.0 Å². The van der Waals surface area contributed by atoms with E-state index in [9.17, 15) is 9.59 Å². The number of carbonyl (C=O) groups is 2. The molecule has 0 bridgehead atoms. The van der Waals surface area contributed by atoms with Crippen molar-refractivity contribution in [2.75, 3.05) is 0 Å². The Morgan fingerprint density at radius 1 is 1.16 bits per heavy atom. The van der Waals surface area contributed by atoms with Gasteiger partial charge in [0.2, 0.25) is 0 Å². The van der Waals surface area contributed by atoms with Crippen LogP contribution in [0.3, 0.4) is 0 Å². The van der Waals surface area contributed by atoms with Crippen molar-refractivity contribution >= 4 is 27.9 Å². The predicted octanol–water partition coefficient (Wildman–Crippen LogP) is 2.32. The normalized spacial score (nSPS) is 15.8. The molecular weight excluding hydrogens is 314 g/mol. The number of nitrogens with one attached hydrogen (secondary N) is 3. The number of rotatable bonds is 2. The average Bonchev–Trinajstić information content (AvgIpc) is 2.84. The Morgan fingerprint density at radius 2 is 1.89 bits per heavy atom. The third-order valence-electron chi connectivity index (χ3n) is 3.03. The molecule has 1 saturated carbocycles. The van der Waals surface area contributed by atoms with Crippen LogP contribution in [0.1, 0.15) is 42.7 Å². The summed E-state index contributed by atoms with van der Waals surface area (Å²) in [6.45, 7) is 0. The van der Waals surface area contributed by atoms with Gasteiger partial charge in [-0.1, -0.05) is 19.3 Å². The number of halogens is 1. The Morgan fingerprint density at radius 3 is 2.53 bits per heavy atom. The van der Waals surface area contributed by atoms with Gasteiger partial charge in [0, 0.05) is 6.04 Å². The lowest BCUT2D eigenvalue weighted by Crippen LogP contribution is -2.50. The van der Waals surface area contributed by atoms with E-state index in [1.807, 2.05) is 0 Å². The fourth-order valence-electron chi connectivity index (χ4n) is 2.08. The van der Waals surface area contributed by atoms with Crippen LogP contribution in [0.25, 0.3) is 0 Å². The Labute approximate surface area is 119 Å². The Balaban J connectivity index is 1.72. The summed E-state index contributed by atoms with van der Waals surface area (Å²) in [7, 11) is 0. The molecule has 1 aliphatic carbocycles. The number of hydrogen-bond acceptors (Lipinski definition) is 3. The zero-order chi connectivity index (χ0) is 13.7. The van der Waals surface area contributed by atoms with Gasteiger partial charge in [0.15, 0.2) is 10.4 Å². The van der Waals surface area contributed by atoms with E-state index in [2.05, 4.69) is 32.1 Å². The van der Waals surface area contributed by atoms with E-state index < -0.39 is 11.9 Å². The highest BCUT2D eigenvalue weighted by molar-refractivity contribution is 9.10. The highest BCUT2D eigenvalue weighted by atomic mass is 79.9. The van der Waals surface area contributed by atoms with E-state index in [0.29, 0.717) is 4.67 Å². The smallest absolute Gasteiger partial charge is 0.333 e. The molecule has 1 aromatic heterocycles. The number of urea groups is 1. The van der Waals surface area contributed by atoms with Crippen LogP contribution in [-0.4, -0.2) is 18.0 Å². The van der Waals surface area contributed by atoms with Gasteiger partial charge >= 0.3 is 11.9 Å². The van der Waals surface area contributed by atoms with Crippen LogP contribution in [0.5, 0.6) is 0 Å². The Kier molecular flexibility index (Phi) is 4.84. The van der Waals surface area contributed by atoms with Crippen LogP contribution >= 0.6 is 15.9 Å². The molecule has 2 rings (SSSR count). The monoisotopic (exact) mass is 329 g/mol. The summed E-state index contributed by atoms with van der Waals surface area (Å²) in [4.78, 5) is 23.2. The third-order valence-corrected chi connectivity index (χ3v) is 3.45. The van der Waals surface area contributed by atoms with Crippen LogP contribution in [0.4, 0.5) is 4.79 Å². The standard InChI is InChI=1S/C12H16BrN3O3/c13-10-7-6-9(19-10)11(17)15-16-12(18)14-8-4-2-1-3-5-8/h6-8H,1-5H2,(H,15,17)(H2,14,16,18). The van der Waals surface area contributed by atoms with E-state index >= 15 is 0 Å². The van der Waals surface area contributed by atoms with Gasteiger partial charge in [-0.05, 0) is 40.9 Å². The zero-order valence-electron chi connectivity index (χ0n) is 10.4. The highest BCUT2D eigenvalue weighted by Gasteiger charge is 2.16. The summed E-state index contributed by atoms with van der Waals surface area (Å²) in [5, 5.41) is 2.83. The number of hydrogen-bond donors (Lipinski definition) is 3. The lowest BCUT2D eigenvalue weighted by Gasteiger charge is -2.22. The fourth-order valence-corrected chi connectivity index (χ4v) is 2.39. The lowest BCUT2D eigenvalue weighted by atomic mass is 9.96. The van der Waals surface area contributed by atoms with Gasteiger partial charge in [0.1, 0.15) is 0 Å². The van der Waals surface area contributed by atoms with Gasteiger partial charge in [-0.25, -0.2) is 10.2 Å². The molecule has 0 spiro atoms. The highest BCUT2D eigenvalue weighted by Crippen LogP contribution is 2.17. The van der Waals surface area contributed by atoms with Gasteiger partial charge in [-0.15, -0.1) is 0 Å². The number of carbonyl (C=O) groups excluding carboxylic acids is 2. The van der Waals surface area contributed by atoms with E-state index in [1.54, 1.807) is 6.07 Å². The van der Waals surface area contributed by atoms with Crippen LogP contribution in [0.15, 0.2) is 21.2 Å². The van der Waals surface area contributed by atoms with E-state index in [1.165, 1.54) is 12.5 Å². The molecule has 3 amide bonds. The summed E-state index contributed by atoms with van der Waals surface area (Å²) in [6.07, 6.45) is 5.48. The first kappa shape index (κ1) is 13.9. The van der Waals surface area contributed by atoms with Gasteiger partial charge in [-0.3, -0.25) is 10.2 Å². The maximum Gasteiger partial charge on any atom is 0.333 e. The minimum atomic E-state index is -0.496. The Hall–Kier alpha value is -1.50. The van der Waals surface area contributed by atoms with Gasteiger partial charge in [-0.2, -0.15) is 0 Å². The molecule has 1 aromatic rings. The second kappa shape index (κ2) is 6.60. The van der Waals surface area contributed by atoms with E-state index in [-0.39, 0.29) is 11.8 Å². The summed E-state index contributed by atoms with van der Waals surface area (Å²) in [5.74, 6) is -0.366. The van der Waals surface area contributed by atoms with Gasteiger partial charge < -0.3 is 9.73 Å². The topological polar surface area (TPSA) is 83.4 Å². The number of furan rings is 1. The SMILES string of the molecule is O=C(NNC(=O)c1ccc(Br)o1)NC1CCCCC1. The van der Waals surface area contributed by atoms with E-state index in [4.69, 9.17) is 4.42 Å². The molecule has 0 radical (unpaired) electrons. The van der Waals surface area contributed by atoms with Crippen molar-refractivity contribution in [3.8, 4) is 0 Å². The van der Waals surface area contributed by atoms with Gasteiger partial charge in [0.05, 0.1) is 0 Å². The summed E-state index contributed by atoms with van der Waals surface area (Å²) in [5.41, 5.74) is 4.60. The van der Waals surface area contributed by atoms with Crippen molar-refractivity contribution in [3.05, 3.63) is 22.6 Å². The number of hydrazine groups is 1. The quantitative estimate of drug-likeness (QED) is 0.728. The van der Waals surface area contributed by atoms with Gasteiger partial charge in [0.25, 0.3) is 0 Å². The first-order valence-electron chi connectivity index (χ1n) is 6.27. The second-order valence-corrected chi connectivity index (χ2v) is 5.27. The molecular formula is C12H16BrN3O3. The maximum absolute atomic E-state index is 11.6. The molecule has 0 saturated heterocycles. The molecule has 0 atom stereocenters. The summed E-state index contributed by atoms with van der Waals surface area (Å²) >= 11 is 3.10. The molecule has 0 aliphatic heterocycles. The second-order valence-electron chi connectivity index (χ2n) is 4.49. The molecule has 104 valence electrons. The maximum atomic E-state index is 11.6. The fraction of sp³-hybridized carbons (Fsp3) is 0.500. The minimum absolute atomic E-state index is 0.129. The van der Waals surface area contributed by atoms with Crippen LogP contribution < -0.4 is 16.2 Å². The summed E-state index contributed by atoms with van der Waals surface area (Å²) in [6, 6.07) is 2.92. The molecule has 1 aliphatic rings. The van der Waals surface area contributed by atoms with Crippen molar-refractivity contribution in [2.24, 2.45) is 0 Å². The Bertz CT molecular complexity index is 455. The molecule has 0 aromatic carbocycles. The first-order valence-corrected chi connectivity index (χ1v) is 7.06. The molecule has 1 heterocycles. The first-order chi connectivity index (χ1) is 9.15. The zero-order valence-corrected chi connectivity index (χ0v) is 12.0. The van der Waals surface area contributed by atoms with Crippen molar-refractivity contribution in [3.63, 3.8) is 0 Å². The largest absolute Gasteiger partial charge is 0.444 e. The molecule has 0 unspecified atom stereocenters. The molecule has 7 heteroatoms. The van der Waals surface area contributed by atoms with Crippen molar-refractivity contribution in [2.45, 2.75) is 38.1 Å². The van der Waals surface area contributed by atoms with Crippen molar-refractivity contribution in [1.29, 1.82) is 0 Å². The molecule has 6 nitrogen and oxygen atoms in total. The number of amides is 3. The average molecular weight is 330 g/mol. The lowest BCUT2D eigenvalue weighted by molar-refractivity contribution is 0.0906.